The van der Waals surface area contributed by atoms with Crippen molar-refractivity contribution in [1.29, 1.82) is 0 Å². The summed E-state index contributed by atoms with van der Waals surface area (Å²) < 4.78 is 2.44. The van der Waals surface area contributed by atoms with Crippen LogP contribution in [0.25, 0.3) is 71.3 Å². The lowest BCUT2D eigenvalue weighted by Gasteiger charge is -2.12. The number of benzene rings is 8. The normalized spacial score (nSPS) is 11.6. The molecule has 0 aliphatic carbocycles. The van der Waals surface area contributed by atoms with Gasteiger partial charge in [-0.3, -0.25) is 0 Å². The highest BCUT2D eigenvalue weighted by Crippen LogP contribution is 2.37. The minimum absolute atomic E-state index is 0.909. The van der Waals surface area contributed by atoms with Crippen molar-refractivity contribution in [2.45, 2.75) is 6.42 Å². The van der Waals surface area contributed by atoms with E-state index in [0.29, 0.717) is 0 Å². The maximum Gasteiger partial charge on any atom is 0.0547 e. The number of hydrogen-bond acceptors (Lipinski definition) is 0. The van der Waals surface area contributed by atoms with Gasteiger partial charge in [-0.15, -0.1) is 0 Å². The summed E-state index contributed by atoms with van der Waals surface area (Å²) >= 11 is 0. The minimum Gasteiger partial charge on any atom is -0.309 e. The molecule has 1 heteroatoms. The Hall–Kier alpha value is -5.92. The van der Waals surface area contributed by atoms with E-state index in [1.165, 1.54) is 82.4 Å². The van der Waals surface area contributed by atoms with Crippen molar-refractivity contribution in [2.24, 2.45) is 0 Å². The summed E-state index contributed by atoms with van der Waals surface area (Å²) in [5, 5.41) is 7.61. The SMILES string of the molecule is c1ccc2cc(-c3ccc(Cc4ccc(-c5ccc6c7ccccc7n(-c7cccc8ccccc78)c6c5)cc4)cc3)ccc2c1. The first kappa shape index (κ1) is 26.5. The average Bonchev–Trinajstić information content (AvgIpc) is 3.45. The van der Waals surface area contributed by atoms with Crippen LogP contribution in [0, 0.1) is 0 Å². The summed E-state index contributed by atoms with van der Waals surface area (Å²) in [6, 6.07) is 64.3. The summed E-state index contributed by atoms with van der Waals surface area (Å²) in [5.74, 6) is 0. The first-order valence-electron chi connectivity index (χ1n) is 16.0. The van der Waals surface area contributed by atoms with Gasteiger partial charge in [0.05, 0.1) is 16.7 Å². The number of hydrogen-bond donors (Lipinski definition) is 0. The molecule has 0 saturated carbocycles. The van der Waals surface area contributed by atoms with E-state index in [4.69, 9.17) is 0 Å². The zero-order chi connectivity index (χ0) is 30.5. The van der Waals surface area contributed by atoms with E-state index in [1.807, 2.05) is 0 Å². The zero-order valence-corrected chi connectivity index (χ0v) is 25.4. The van der Waals surface area contributed by atoms with Crippen LogP contribution in [0.5, 0.6) is 0 Å². The lowest BCUT2D eigenvalue weighted by Crippen LogP contribution is -1.95. The molecule has 0 aliphatic heterocycles. The second kappa shape index (κ2) is 10.9. The van der Waals surface area contributed by atoms with Gasteiger partial charge in [-0.2, -0.15) is 0 Å². The van der Waals surface area contributed by atoms with Crippen LogP contribution in [0.3, 0.4) is 0 Å². The monoisotopic (exact) mass is 585 g/mol. The molecule has 0 bridgehead atoms. The molecule has 46 heavy (non-hydrogen) atoms. The topological polar surface area (TPSA) is 4.93 Å². The smallest absolute Gasteiger partial charge is 0.0547 e. The van der Waals surface area contributed by atoms with Crippen LogP contribution < -0.4 is 0 Å². The average molecular weight is 586 g/mol. The molecule has 0 fully saturated rings. The van der Waals surface area contributed by atoms with Crippen LogP contribution in [0.15, 0.2) is 176 Å². The van der Waals surface area contributed by atoms with Gasteiger partial charge < -0.3 is 4.57 Å². The fourth-order valence-corrected chi connectivity index (χ4v) is 7.05. The molecule has 216 valence electrons. The Morgan fingerprint density at radius 2 is 0.870 bits per heavy atom. The van der Waals surface area contributed by atoms with Gasteiger partial charge in [0.25, 0.3) is 0 Å². The highest BCUT2D eigenvalue weighted by atomic mass is 15.0. The van der Waals surface area contributed by atoms with E-state index in [0.717, 1.165) is 6.42 Å². The standard InChI is InChI=1S/C45H31N/c1-2-10-37-29-38(25-24-33(37)8-1)34-20-16-31(17-21-34)28-32-18-22-35(23-19-32)39-26-27-42-41-13-5-6-14-44(41)46(45(42)30-39)43-15-7-11-36-9-3-4-12-40(36)43/h1-27,29-30H,28H2. The predicted octanol–water partition coefficient (Wildman–Crippen LogP) is 12.0. The molecular weight excluding hydrogens is 555 g/mol. The Morgan fingerprint density at radius 3 is 1.63 bits per heavy atom. The van der Waals surface area contributed by atoms with Crippen molar-refractivity contribution in [3.8, 4) is 27.9 Å². The molecule has 0 unspecified atom stereocenters. The Bertz CT molecular complexity index is 2530. The first-order chi connectivity index (χ1) is 22.8. The highest BCUT2D eigenvalue weighted by Gasteiger charge is 2.15. The molecule has 1 heterocycles. The Balaban J connectivity index is 1.03. The van der Waals surface area contributed by atoms with Crippen molar-refractivity contribution < 1.29 is 0 Å². The number of aromatic nitrogens is 1. The van der Waals surface area contributed by atoms with Crippen molar-refractivity contribution in [2.75, 3.05) is 0 Å². The summed E-state index contributed by atoms with van der Waals surface area (Å²) in [6.07, 6.45) is 0.909. The van der Waals surface area contributed by atoms with Crippen molar-refractivity contribution in [3.05, 3.63) is 187 Å². The van der Waals surface area contributed by atoms with E-state index in [2.05, 4.69) is 180 Å². The number of para-hydroxylation sites is 1. The fraction of sp³-hybridized carbons (Fsp3) is 0.0222. The van der Waals surface area contributed by atoms with Crippen molar-refractivity contribution in [3.63, 3.8) is 0 Å². The molecule has 0 N–H and O–H groups in total. The number of nitrogens with zero attached hydrogens (tertiary/aromatic N) is 1. The highest BCUT2D eigenvalue weighted by molar-refractivity contribution is 6.11. The number of rotatable bonds is 5. The van der Waals surface area contributed by atoms with Gasteiger partial charge in [-0.05, 0) is 80.2 Å². The molecule has 0 aliphatic rings. The molecule has 0 atom stereocenters. The molecule has 9 rings (SSSR count). The van der Waals surface area contributed by atoms with Crippen LogP contribution in [-0.4, -0.2) is 4.57 Å². The maximum atomic E-state index is 2.44. The lowest BCUT2D eigenvalue weighted by molar-refractivity contribution is 1.19. The fourth-order valence-electron chi connectivity index (χ4n) is 7.05. The van der Waals surface area contributed by atoms with E-state index >= 15 is 0 Å². The largest absolute Gasteiger partial charge is 0.309 e. The Labute approximate surface area is 268 Å². The van der Waals surface area contributed by atoms with Gasteiger partial charge in [-0.25, -0.2) is 0 Å². The van der Waals surface area contributed by atoms with Crippen LogP contribution in [0.4, 0.5) is 0 Å². The molecular formula is C45H31N. The predicted molar refractivity (Wildman–Crippen MR) is 196 cm³/mol. The molecule has 8 aromatic carbocycles. The third-order valence-corrected chi connectivity index (χ3v) is 9.41. The van der Waals surface area contributed by atoms with Gasteiger partial charge in [0.1, 0.15) is 0 Å². The summed E-state index contributed by atoms with van der Waals surface area (Å²) in [7, 11) is 0. The molecule has 9 aromatic rings. The Morgan fingerprint density at radius 1 is 0.326 bits per heavy atom. The van der Waals surface area contributed by atoms with Crippen LogP contribution in [0.1, 0.15) is 11.1 Å². The van der Waals surface area contributed by atoms with E-state index in [-0.39, 0.29) is 0 Å². The van der Waals surface area contributed by atoms with Crippen LogP contribution >= 0.6 is 0 Å². The van der Waals surface area contributed by atoms with Crippen molar-refractivity contribution in [1.82, 2.24) is 4.57 Å². The summed E-state index contributed by atoms with van der Waals surface area (Å²) in [6.45, 7) is 0. The van der Waals surface area contributed by atoms with E-state index in [1.54, 1.807) is 0 Å². The van der Waals surface area contributed by atoms with Gasteiger partial charge >= 0.3 is 0 Å². The third-order valence-electron chi connectivity index (χ3n) is 9.41. The van der Waals surface area contributed by atoms with Crippen LogP contribution in [-0.2, 0) is 6.42 Å². The maximum absolute atomic E-state index is 2.44. The van der Waals surface area contributed by atoms with Gasteiger partial charge in [-0.1, -0.05) is 152 Å². The summed E-state index contributed by atoms with van der Waals surface area (Å²) in [4.78, 5) is 0. The number of fused-ring (bicyclic) bond motifs is 5. The van der Waals surface area contributed by atoms with E-state index in [9.17, 15) is 0 Å². The molecule has 0 radical (unpaired) electrons. The second-order valence-corrected chi connectivity index (χ2v) is 12.2. The van der Waals surface area contributed by atoms with Gasteiger partial charge in [0.15, 0.2) is 0 Å². The quantitative estimate of drug-likeness (QED) is 0.189. The molecule has 1 nitrogen and oxygen atoms in total. The molecule has 0 saturated heterocycles. The van der Waals surface area contributed by atoms with Gasteiger partial charge in [0, 0.05) is 16.2 Å². The van der Waals surface area contributed by atoms with Gasteiger partial charge in [0.2, 0.25) is 0 Å². The van der Waals surface area contributed by atoms with Crippen LogP contribution in [0.2, 0.25) is 0 Å². The second-order valence-electron chi connectivity index (χ2n) is 12.2. The first-order valence-corrected chi connectivity index (χ1v) is 16.0. The molecule has 0 spiro atoms. The summed E-state index contributed by atoms with van der Waals surface area (Å²) in [5.41, 5.74) is 11.3. The lowest BCUT2D eigenvalue weighted by atomic mass is 9.97. The molecule has 1 aromatic heterocycles. The molecule has 0 amide bonds. The third kappa shape index (κ3) is 4.57. The Kier molecular flexibility index (Phi) is 6.28. The van der Waals surface area contributed by atoms with E-state index < -0.39 is 0 Å². The zero-order valence-electron chi connectivity index (χ0n) is 25.4. The minimum atomic E-state index is 0.909. The van der Waals surface area contributed by atoms with Crippen molar-refractivity contribution >= 4 is 43.4 Å².